The van der Waals surface area contributed by atoms with E-state index in [0.717, 1.165) is 5.56 Å². The molecule has 1 aliphatic heterocycles. The largest absolute Gasteiger partial charge is 0.370 e. The van der Waals surface area contributed by atoms with Gasteiger partial charge in [-0.15, -0.1) is 0 Å². The van der Waals surface area contributed by atoms with Gasteiger partial charge in [0.2, 0.25) is 5.91 Å². The van der Waals surface area contributed by atoms with Gasteiger partial charge in [0, 0.05) is 13.6 Å². The van der Waals surface area contributed by atoms with E-state index < -0.39 is 0 Å². The molecule has 0 N–H and O–H groups in total. The van der Waals surface area contributed by atoms with Crippen LogP contribution in [-0.4, -0.2) is 49.8 Å². The summed E-state index contributed by atoms with van der Waals surface area (Å²) in [6, 6.07) is 6.03. The van der Waals surface area contributed by atoms with E-state index in [1.807, 2.05) is 0 Å². The van der Waals surface area contributed by atoms with E-state index in [2.05, 4.69) is 26.0 Å². The van der Waals surface area contributed by atoms with E-state index in [0.29, 0.717) is 35.3 Å². The third-order valence-electron chi connectivity index (χ3n) is 4.73. The molecule has 1 atom stereocenters. The van der Waals surface area contributed by atoms with Crippen molar-refractivity contribution < 1.29 is 13.9 Å². The van der Waals surface area contributed by atoms with Crippen molar-refractivity contribution in [3.8, 4) is 0 Å². The van der Waals surface area contributed by atoms with E-state index in [-0.39, 0.29) is 29.9 Å². The first-order valence-corrected chi connectivity index (χ1v) is 9.46. The van der Waals surface area contributed by atoms with E-state index in [9.17, 15) is 14.0 Å². The smallest absolute Gasteiger partial charge is 0.266 e. The molecule has 0 bridgehead atoms. The third-order valence-corrected chi connectivity index (χ3v) is 5.29. The molecule has 1 unspecified atom stereocenters. The van der Waals surface area contributed by atoms with Gasteiger partial charge >= 0.3 is 0 Å². The summed E-state index contributed by atoms with van der Waals surface area (Å²) in [5, 5.41) is 4.47. The molecule has 8 nitrogen and oxygen atoms in total. The Balaban J connectivity index is 1.52. The number of benzene rings is 1. The van der Waals surface area contributed by atoms with Crippen LogP contribution in [0.25, 0.3) is 11.0 Å². The lowest BCUT2D eigenvalue weighted by atomic mass is 10.1. The van der Waals surface area contributed by atoms with Crippen LogP contribution in [0.3, 0.4) is 0 Å². The van der Waals surface area contributed by atoms with E-state index in [1.54, 1.807) is 24.1 Å². The maximum Gasteiger partial charge on any atom is 0.266 e. The molecule has 1 amide bonds. The number of ether oxygens (including phenoxy) is 1. The van der Waals surface area contributed by atoms with Crippen LogP contribution in [0.5, 0.6) is 0 Å². The summed E-state index contributed by atoms with van der Waals surface area (Å²) in [4.78, 5) is 31.4. The summed E-state index contributed by atoms with van der Waals surface area (Å²) in [6.45, 7) is 1.01. The minimum absolute atomic E-state index is 0.126. The molecule has 0 spiro atoms. The van der Waals surface area contributed by atoms with Crippen molar-refractivity contribution in [2.24, 2.45) is 7.05 Å². The number of carbonyl (C=O) groups is 1. The average Bonchev–Trinajstić information content (AvgIpc) is 2.99. The highest BCUT2D eigenvalue weighted by atomic mass is 79.9. The summed E-state index contributed by atoms with van der Waals surface area (Å²) in [5.74, 6) is -0.532. The molecule has 28 heavy (non-hydrogen) atoms. The number of fused-ring (bicyclic) bond motifs is 1. The van der Waals surface area contributed by atoms with Gasteiger partial charge in [0.25, 0.3) is 5.56 Å². The molecule has 1 fully saturated rings. The van der Waals surface area contributed by atoms with E-state index in [4.69, 9.17) is 4.74 Å². The van der Waals surface area contributed by atoms with Gasteiger partial charge in [-0.3, -0.25) is 14.2 Å². The number of rotatable bonds is 3. The Morgan fingerprint density at radius 3 is 2.86 bits per heavy atom. The zero-order chi connectivity index (χ0) is 19.8. The quantitative estimate of drug-likeness (QED) is 0.606. The second-order valence-corrected chi connectivity index (χ2v) is 7.29. The third kappa shape index (κ3) is 3.45. The van der Waals surface area contributed by atoms with Gasteiger partial charge in [0.05, 0.1) is 13.2 Å². The molecule has 0 aliphatic carbocycles. The highest BCUT2D eigenvalue weighted by molar-refractivity contribution is 9.10. The van der Waals surface area contributed by atoms with Crippen molar-refractivity contribution in [3.05, 3.63) is 56.9 Å². The van der Waals surface area contributed by atoms with E-state index >= 15 is 0 Å². The fraction of sp³-hybridized carbons (Fsp3) is 0.333. The standard InChI is InChI=1S/C18H17BrFN5O3/c1-23-17-15(16(19)22-23)18(27)25(10-21-17)9-14(26)24-6-7-28-13(8-24)11-2-4-12(20)5-3-11/h2-5,10,13H,6-9H2,1H3. The van der Waals surface area contributed by atoms with E-state index in [1.165, 1.54) is 27.7 Å². The number of aromatic nitrogens is 4. The Bertz CT molecular complexity index is 1100. The molecular formula is C18H17BrFN5O3. The first kappa shape index (κ1) is 18.8. The Kier molecular flexibility index (Phi) is 4.98. The second-order valence-electron chi connectivity index (χ2n) is 6.54. The lowest BCUT2D eigenvalue weighted by molar-refractivity contribution is -0.139. The normalized spacial score (nSPS) is 17.2. The van der Waals surface area contributed by atoms with Gasteiger partial charge in [-0.25, -0.2) is 14.1 Å². The summed E-state index contributed by atoms with van der Waals surface area (Å²) in [6.07, 6.45) is 1.03. The summed E-state index contributed by atoms with van der Waals surface area (Å²) in [5.41, 5.74) is 0.920. The maximum atomic E-state index is 13.1. The Morgan fingerprint density at radius 1 is 1.36 bits per heavy atom. The number of morpholine rings is 1. The fourth-order valence-electron chi connectivity index (χ4n) is 3.25. The summed E-state index contributed by atoms with van der Waals surface area (Å²) < 4.78 is 22.0. The summed E-state index contributed by atoms with van der Waals surface area (Å²) >= 11 is 3.26. The fourth-order valence-corrected chi connectivity index (χ4v) is 3.83. The van der Waals surface area contributed by atoms with Gasteiger partial charge in [0.1, 0.15) is 34.8 Å². The van der Waals surface area contributed by atoms with Crippen molar-refractivity contribution >= 4 is 32.9 Å². The van der Waals surface area contributed by atoms with Crippen molar-refractivity contribution in [1.82, 2.24) is 24.2 Å². The topological polar surface area (TPSA) is 82.2 Å². The van der Waals surface area contributed by atoms with Crippen molar-refractivity contribution in [1.29, 1.82) is 0 Å². The first-order valence-electron chi connectivity index (χ1n) is 8.66. The number of hydrogen-bond acceptors (Lipinski definition) is 5. The van der Waals surface area contributed by atoms with Crippen molar-refractivity contribution in [2.75, 3.05) is 19.7 Å². The highest BCUT2D eigenvalue weighted by Gasteiger charge is 2.26. The molecule has 3 aromatic rings. The molecule has 0 radical (unpaired) electrons. The SMILES string of the molecule is Cn1nc(Br)c2c(=O)n(CC(=O)N3CCOC(c4ccc(F)cc4)C3)cnc21. The van der Waals surface area contributed by atoms with Crippen molar-refractivity contribution in [2.45, 2.75) is 12.6 Å². The molecule has 4 rings (SSSR count). The second kappa shape index (κ2) is 7.44. The zero-order valence-corrected chi connectivity index (χ0v) is 16.6. The maximum absolute atomic E-state index is 13.1. The number of nitrogens with zero attached hydrogens (tertiary/aromatic N) is 5. The average molecular weight is 450 g/mol. The van der Waals surface area contributed by atoms with Crippen LogP contribution in [0.4, 0.5) is 4.39 Å². The molecule has 1 aromatic carbocycles. The van der Waals surface area contributed by atoms with Crippen molar-refractivity contribution in [3.63, 3.8) is 0 Å². The Morgan fingerprint density at radius 2 is 2.11 bits per heavy atom. The van der Waals surface area contributed by atoms with Crippen LogP contribution in [0, 0.1) is 5.82 Å². The predicted octanol–water partition coefficient (Wildman–Crippen LogP) is 1.63. The molecule has 3 heterocycles. The van der Waals surface area contributed by atoms with Gasteiger partial charge in [0.15, 0.2) is 5.65 Å². The zero-order valence-electron chi connectivity index (χ0n) is 15.0. The monoisotopic (exact) mass is 449 g/mol. The number of aryl methyl sites for hydroxylation is 1. The van der Waals surface area contributed by atoms with Crippen LogP contribution in [0.1, 0.15) is 11.7 Å². The molecular weight excluding hydrogens is 433 g/mol. The van der Waals surface area contributed by atoms with Crippen LogP contribution in [-0.2, 0) is 23.1 Å². The molecule has 1 saturated heterocycles. The van der Waals surface area contributed by atoms with Crippen LogP contribution >= 0.6 is 15.9 Å². The van der Waals surface area contributed by atoms with Crippen LogP contribution < -0.4 is 5.56 Å². The van der Waals surface area contributed by atoms with Gasteiger partial charge in [-0.2, -0.15) is 5.10 Å². The number of carbonyl (C=O) groups excluding carboxylic acids is 1. The molecule has 10 heteroatoms. The first-order chi connectivity index (χ1) is 13.4. The molecule has 2 aromatic heterocycles. The van der Waals surface area contributed by atoms with Gasteiger partial charge < -0.3 is 9.64 Å². The summed E-state index contributed by atoms with van der Waals surface area (Å²) in [7, 11) is 1.69. The number of halogens is 2. The highest BCUT2D eigenvalue weighted by Crippen LogP contribution is 2.23. The lowest BCUT2D eigenvalue weighted by Crippen LogP contribution is -2.44. The van der Waals surface area contributed by atoms with Crippen LogP contribution in [0.15, 0.2) is 40.0 Å². The molecule has 0 saturated carbocycles. The number of hydrogen-bond donors (Lipinski definition) is 0. The predicted molar refractivity (Wildman–Crippen MR) is 102 cm³/mol. The minimum atomic E-state index is -0.332. The number of amides is 1. The Hall–Kier alpha value is -2.59. The van der Waals surface area contributed by atoms with Gasteiger partial charge in [-0.05, 0) is 33.6 Å². The minimum Gasteiger partial charge on any atom is -0.370 e. The molecule has 1 aliphatic rings. The van der Waals surface area contributed by atoms with Gasteiger partial charge in [-0.1, -0.05) is 12.1 Å². The Labute approximate surface area is 167 Å². The van der Waals surface area contributed by atoms with Crippen LogP contribution in [0.2, 0.25) is 0 Å². The molecule has 146 valence electrons. The lowest BCUT2D eigenvalue weighted by Gasteiger charge is -2.33.